The lowest BCUT2D eigenvalue weighted by atomic mass is 10.2. The maximum absolute atomic E-state index is 14.2. The van der Waals surface area contributed by atoms with Gasteiger partial charge in [0, 0.05) is 30.6 Å². The Morgan fingerprint density at radius 2 is 2.00 bits per heavy atom. The molecule has 1 aromatic carbocycles. The van der Waals surface area contributed by atoms with Crippen LogP contribution in [0.5, 0.6) is 0 Å². The molecule has 118 valence electrons. The van der Waals surface area contributed by atoms with E-state index in [1.165, 1.54) is 6.07 Å². The third kappa shape index (κ3) is 4.33. The van der Waals surface area contributed by atoms with Crippen molar-refractivity contribution in [2.24, 2.45) is 0 Å². The minimum atomic E-state index is -3.03. The summed E-state index contributed by atoms with van der Waals surface area (Å²) >= 11 is 0. The molecule has 1 aliphatic heterocycles. The van der Waals surface area contributed by atoms with Crippen LogP contribution in [-0.4, -0.2) is 39.1 Å². The van der Waals surface area contributed by atoms with Crippen molar-refractivity contribution in [2.45, 2.75) is 32.7 Å². The molecule has 1 aromatic rings. The predicted molar refractivity (Wildman–Crippen MR) is 85.3 cm³/mol. The monoisotopic (exact) mass is 314 g/mol. The highest BCUT2D eigenvalue weighted by Crippen LogP contribution is 2.26. The minimum absolute atomic E-state index is 0.0546. The van der Waals surface area contributed by atoms with Gasteiger partial charge in [0.15, 0.2) is 9.84 Å². The zero-order valence-corrected chi connectivity index (χ0v) is 13.4. The molecule has 4 nitrogen and oxygen atoms in total. The minimum Gasteiger partial charge on any atom is -0.381 e. The van der Waals surface area contributed by atoms with Crippen LogP contribution in [0.15, 0.2) is 18.2 Å². The Kier molecular flexibility index (Phi) is 5.08. The van der Waals surface area contributed by atoms with Crippen LogP contribution in [0.2, 0.25) is 0 Å². The number of hydrogen-bond donors (Lipinski definition) is 1. The van der Waals surface area contributed by atoms with Crippen molar-refractivity contribution in [1.82, 2.24) is 0 Å². The molecule has 6 heteroatoms. The number of sulfone groups is 1. The Morgan fingerprint density at radius 3 is 2.57 bits per heavy atom. The molecular weight excluding hydrogens is 291 g/mol. The second-order valence-electron chi connectivity index (χ2n) is 5.60. The van der Waals surface area contributed by atoms with Crippen LogP contribution in [0.1, 0.15) is 26.7 Å². The summed E-state index contributed by atoms with van der Waals surface area (Å²) in [6.07, 6.45) is 2.21. The fraction of sp³-hybridized carbons (Fsp3) is 0.600. The van der Waals surface area contributed by atoms with Gasteiger partial charge in [0.2, 0.25) is 0 Å². The first-order valence-corrected chi connectivity index (χ1v) is 9.25. The van der Waals surface area contributed by atoms with Crippen LogP contribution >= 0.6 is 0 Å². The van der Waals surface area contributed by atoms with Crippen LogP contribution in [0.25, 0.3) is 0 Å². The molecule has 0 radical (unpaired) electrons. The molecule has 1 aliphatic rings. The summed E-state index contributed by atoms with van der Waals surface area (Å²) in [5.74, 6) is -0.0762. The molecule has 1 unspecified atom stereocenters. The average Bonchev–Trinajstić information content (AvgIpc) is 2.92. The van der Waals surface area contributed by atoms with Crippen molar-refractivity contribution < 1.29 is 12.8 Å². The molecule has 1 saturated heterocycles. The van der Waals surface area contributed by atoms with E-state index < -0.39 is 9.84 Å². The third-order valence-electron chi connectivity index (χ3n) is 3.75. The van der Waals surface area contributed by atoms with Gasteiger partial charge in [-0.1, -0.05) is 6.92 Å². The molecule has 1 heterocycles. The number of rotatable bonds is 6. The molecule has 1 atom stereocenters. The van der Waals surface area contributed by atoms with Gasteiger partial charge in [-0.2, -0.15) is 0 Å². The van der Waals surface area contributed by atoms with Crippen LogP contribution in [0, 0.1) is 5.82 Å². The van der Waals surface area contributed by atoms with E-state index >= 15 is 0 Å². The lowest BCUT2D eigenvalue weighted by molar-refractivity contribution is 0.593. The number of anilines is 2. The number of nitrogens with one attached hydrogen (secondary N) is 1. The van der Waals surface area contributed by atoms with E-state index in [1.54, 1.807) is 19.9 Å². The number of hydrogen-bond acceptors (Lipinski definition) is 4. The fourth-order valence-corrected chi connectivity index (χ4v) is 3.72. The van der Waals surface area contributed by atoms with Crippen molar-refractivity contribution in [2.75, 3.05) is 34.8 Å². The SMILES string of the molecule is CCS(=O)(=O)CC(C)Nc1ccc(N2CCCC2)c(F)c1. The van der Waals surface area contributed by atoms with E-state index in [-0.39, 0.29) is 23.4 Å². The first-order valence-electron chi connectivity index (χ1n) is 7.43. The molecule has 0 spiro atoms. The summed E-state index contributed by atoms with van der Waals surface area (Å²) in [5, 5.41) is 3.05. The summed E-state index contributed by atoms with van der Waals surface area (Å²) in [7, 11) is -3.03. The summed E-state index contributed by atoms with van der Waals surface area (Å²) in [4.78, 5) is 2.05. The van der Waals surface area contributed by atoms with E-state index in [1.807, 2.05) is 11.0 Å². The second-order valence-corrected chi connectivity index (χ2v) is 8.00. The maximum Gasteiger partial charge on any atom is 0.152 e. The number of nitrogens with zero attached hydrogens (tertiary/aromatic N) is 1. The molecular formula is C15H23FN2O2S. The standard InChI is InChI=1S/C15H23FN2O2S/c1-3-21(19,20)11-12(2)17-13-6-7-15(14(16)10-13)18-8-4-5-9-18/h6-7,10,12,17H,3-5,8-9,11H2,1-2H3. The van der Waals surface area contributed by atoms with Crippen LogP contribution < -0.4 is 10.2 Å². The Labute approximate surface area is 126 Å². The van der Waals surface area contributed by atoms with Crippen molar-refractivity contribution in [1.29, 1.82) is 0 Å². The topological polar surface area (TPSA) is 49.4 Å². The zero-order chi connectivity index (χ0) is 15.5. The van der Waals surface area contributed by atoms with Crippen LogP contribution in [-0.2, 0) is 9.84 Å². The summed E-state index contributed by atoms with van der Waals surface area (Å²) in [5.41, 5.74) is 1.25. The van der Waals surface area contributed by atoms with E-state index in [0.29, 0.717) is 11.4 Å². The Hall–Kier alpha value is -1.30. The van der Waals surface area contributed by atoms with Crippen molar-refractivity contribution in [3.8, 4) is 0 Å². The molecule has 0 bridgehead atoms. The Balaban J connectivity index is 2.03. The quantitative estimate of drug-likeness (QED) is 0.877. The van der Waals surface area contributed by atoms with Crippen molar-refractivity contribution in [3.05, 3.63) is 24.0 Å². The zero-order valence-electron chi connectivity index (χ0n) is 12.6. The lowest BCUT2D eigenvalue weighted by Crippen LogP contribution is -2.27. The first-order chi connectivity index (χ1) is 9.91. The van der Waals surface area contributed by atoms with Gasteiger partial charge >= 0.3 is 0 Å². The summed E-state index contributed by atoms with van der Waals surface area (Å²) in [6, 6.07) is 4.78. The Bertz CT molecular complexity index is 583. The molecule has 0 saturated carbocycles. The molecule has 21 heavy (non-hydrogen) atoms. The smallest absolute Gasteiger partial charge is 0.152 e. The van der Waals surface area contributed by atoms with Gasteiger partial charge < -0.3 is 10.2 Å². The largest absolute Gasteiger partial charge is 0.381 e. The molecule has 1 N–H and O–H groups in total. The normalized spacial score (nSPS) is 17.0. The highest BCUT2D eigenvalue weighted by molar-refractivity contribution is 7.91. The summed E-state index contributed by atoms with van der Waals surface area (Å²) < 4.78 is 37.3. The van der Waals surface area contributed by atoms with Gasteiger partial charge in [0.25, 0.3) is 0 Å². The molecule has 2 rings (SSSR count). The predicted octanol–water partition coefficient (Wildman–Crippen LogP) is 2.66. The molecule has 0 aromatic heterocycles. The van der Waals surface area contributed by atoms with Gasteiger partial charge in [0.05, 0.1) is 11.4 Å². The number of benzene rings is 1. The van der Waals surface area contributed by atoms with E-state index in [9.17, 15) is 12.8 Å². The lowest BCUT2D eigenvalue weighted by Gasteiger charge is -2.20. The van der Waals surface area contributed by atoms with Crippen molar-refractivity contribution >= 4 is 21.2 Å². The first kappa shape index (κ1) is 16.1. The van der Waals surface area contributed by atoms with Gasteiger partial charge in [-0.05, 0) is 38.0 Å². The van der Waals surface area contributed by atoms with E-state index in [0.717, 1.165) is 25.9 Å². The molecule has 0 amide bonds. The summed E-state index contributed by atoms with van der Waals surface area (Å²) in [6.45, 7) is 5.22. The Morgan fingerprint density at radius 1 is 1.33 bits per heavy atom. The second kappa shape index (κ2) is 6.64. The van der Waals surface area contributed by atoms with Crippen LogP contribution in [0.3, 0.4) is 0 Å². The van der Waals surface area contributed by atoms with Crippen LogP contribution in [0.4, 0.5) is 15.8 Å². The average molecular weight is 314 g/mol. The maximum atomic E-state index is 14.2. The van der Waals surface area contributed by atoms with Gasteiger partial charge in [0.1, 0.15) is 5.82 Å². The molecule has 1 fully saturated rings. The van der Waals surface area contributed by atoms with Gasteiger partial charge in [-0.3, -0.25) is 0 Å². The van der Waals surface area contributed by atoms with E-state index in [2.05, 4.69) is 5.32 Å². The highest BCUT2D eigenvalue weighted by Gasteiger charge is 2.17. The third-order valence-corrected chi connectivity index (χ3v) is 5.64. The highest BCUT2D eigenvalue weighted by atomic mass is 32.2. The van der Waals surface area contributed by atoms with Crippen molar-refractivity contribution in [3.63, 3.8) is 0 Å². The fourth-order valence-electron chi connectivity index (χ4n) is 2.64. The number of halogens is 1. The van der Waals surface area contributed by atoms with Gasteiger partial charge in [-0.25, -0.2) is 12.8 Å². The van der Waals surface area contributed by atoms with E-state index in [4.69, 9.17) is 0 Å². The van der Waals surface area contributed by atoms with Gasteiger partial charge in [-0.15, -0.1) is 0 Å². The molecule has 0 aliphatic carbocycles.